The number of fused-ring (bicyclic) bond motifs is 1. The van der Waals surface area contributed by atoms with Crippen LogP contribution < -0.4 is 11.1 Å². The van der Waals surface area contributed by atoms with Crippen LogP contribution >= 0.6 is 0 Å². The molecule has 0 bridgehead atoms. The van der Waals surface area contributed by atoms with Gasteiger partial charge in [0.05, 0.1) is 23.9 Å². The smallest absolute Gasteiger partial charge is 0.262 e. The largest absolute Gasteiger partial charge is 0.376 e. The molecule has 174 valence electrons. The maximum atomic E-state index is 13.8. The summed E-state index contributed by atoms with van der Waals surface area (Å²) in [5.74, 6) is -1.83. The van der Waals surface area contributed by atoms with Crippen molar-refractivity contribution in [1.82, 2.24) is 5.01 Å². The van der Waals surface area contributed by atoms with E-state index >= 15 is 0 Å². The lowest BCUT2D eigenvalue weighted by Gasteiger charge is -2.22. The standard InChI is InChI=1S/C28H23FN4O2/c29-24-13-12-22(15-23(24)28(30)35)31-17-27(34)33-26(19-7-2-1-3-8-19)16-25(32-33)21-11-10-18-6-4-5-9-20(18)14-21/h1-15,26,31H,16-17H2,(H2,30,35). The molecule has 0 saturated carbocycles. The van der Waals surface area contributed by atoms with Crippen molar-refractivity contribution < 1.29 is 14.0 Å². The summed E-state index contributed by atoms with van der Waals surface area (Å²) in [6.45, 7) is -0.0817. The van der Waals surface area contributed by atoms with Crippen LogP contribution in [0.3, 0.4) is 0 Å². The fourth-order valence-electron chi connectivity index (χ4n) is 4.30. The molecule has 5 rings (SSSR count). The van der Waals surface area contributed by atoms with E-state index in [1.54, 1.807) is 0 Å². The third kappa shape index (κ3) is 4.61. The second-order valence-corrected chi connectivity index (χ2v) is 8.39. The Kier molecular flexibility index (Phi) is 5.97. The number of nitrogens with one attached hydrogen (secondary N) is 1. The molecule has 0 radical (unpaired) electrons. The molecule has 0 aliphatic carbocycles. The Morgan fingerprint density at radius 1 is 0.943 bits per heavy atom. The summed E-state index contributed by atoms with van der Waals surface area (Å²) in [7, 11) is 0. The Morgan fingerprint density at radius 2 is 1.69 bits per heavy atom. The zero-order chi connectivity index (χ0) is 24.4. The number of carbonyl (C=O) groups is 2. The van der Waals surface area contributed by atoms with E-state index in [1.807, 2.05) is 48.5 Å². The molecular formula is C28H23FN4O2. The maximum absolute atomic E-state index is 13.8. The number of amides is 2. The number of carbonyl (C=O) groups excluding carboxylic acids is 2. The molecule has 6 nitrogen and oxygen atoms in total. The zero-order valence-electron chi connectivity index (χ0n) is 18.8. The van der Waals surface area contributed by atoms with Gasteiger partial charge in [-0.15, -0.1) is 0 Å². The minimum Gasteiger partial charge on any atom is -0.376 e. The van der Waals surface area contributed by atoms with Gasteiger partial charge in [-0.05, 0) is 46.2 Å². The topological polar surface area (TPSA) is 87.8 Å². The molecule has 1 heterocycles. The van der Waals surface area contributed by atoms with Gasteiger partial charge >= 0.3 is 0 Å². The fourth-order valence-corrected chi connectivity index (χ4v) is 4.30. The zero-order valence-corrected chi connectivity index (χ0v) is 18.8. The van der Waals surface area contributed by atoms with E-state index in [9.17, 15) is 14.0 Å². The first-order valence-corrected chi connectivity index (χ1v) is 11.3. The first-order valence-electron chi connectivity index (χ1n) is 11.3. The highest BCUT2D eigenvalue weighted by Gasteiger charge is 2.33. The molecule has 3 N–H and O–H groups in total. The molecule has 1 atom stereocenters. The Hall–Kier alpha value is -4.52. The van der Waals surface area contributed by atoms with E-state index < -0.39 is 11.7 Å². The Balaban J connectivity index is 1.41. The van der Waals surface area contributed by atoms with Gasteiger partial charge in [0, 0.05) is 12.1 Å². The summed E-state index contributed by atoms with van der Waals surface area (Å²) < 4.78 is 13.8. The third-order valence-electron chi connectivity index (χ3n) is 6.11. The summed E-state index contributed by atoms with van der Waals surface area (Å²) in [5, 5.41) is 11.4. The van der Waals surface area contributed by atoms with Gasteiger partial charge in [0.1, 0.15) is 5.82 Å². The Labute approximate surface area is 201 Å². The predicted octanol–water partition coefficient (Wildman–Crippen LogP) is 4.87. The van der Waals surface area contributed by atoms with Crippen molar-refractivity contribution in [3.8, 4) is 0 Å². The molecule has 1 unspecified atom stereocenters. The van der Waals surface area contributed by atoms with Crippen LogP contribution in [0.2, 0.25) is 0 Å². The van der Waals surface area contributed by atoms with Crippen molar-refractivity contribution in [3.05, 3.63) is 114 Å². The summed E-state index contributed by atoms with van der Waals surface area (Å²) in [6, 6.07) is 27.7. The highest BCUT2D eigenvalue weighted by Crippen LogP contribution is 2.33. The van der Waals surface area contributed by atoms with Gasteiger partial charge in [-0.2, -0.15) is 5.10 Å². The van der Waals surface area contributed by atoms with Crippen LogP contribution in [0, 0.1) is 5.82 Å². The molecule has 35 heavy (non-hydrogen) atoms. The highest BCUT2D eigenvalue weighted by molar-refractivity contribution is 6.05. The molecule has 1 aliphatic rings. The maximum Gasteiger partial charge on any atom is 0.262 e. The molecule has 0 saturated heterocycles. The Bertz CT molecular complexity index is 1450. The lowest BCUT2D eigenvalue weighted by Crippen LogP contribution is -2.32. The van der Waals surface area contributed by atoms with Crippen LogP contribution in [0.4, 0.5) is 10.1 Å². The minimum atomic E-state index is -0.870. The monoisotopic (exact) mass is 466 g/mol. The predicted molar refractivity (Wildman–Crippen MR) is 135 cm³/mol. The van der Waals surface area contributed by atoms with Gasteiger partial charge in [0.2, 0.25) is 0 Å². The van der Waals surface area contributed by atoms with E-state index in [1.165, 1.54) is 17.1 Å². The lowest BCUT2D eigenvalue weighted by molar-refractivity contribution is -0.131. The summed E-state index contributed by atoms with van der Waals surface area (Å²) in [6.07, 6.45) is 0.580. The fraction of sp³-hybridized carbons (Fsp3) is 0.107. The number of hydrogen-bond acceptors (Lipinski definition) is 4. The van der Waals surface area contributed by atoms with Crippen LogP contribution in [-0.2, 0) is 4.79 Å². The highest BCUT2D eigenvalue weighted by atomic mass is 19.1. The van der Waals surface area contributed by atoms with Gasteiger partial charge in [0.15, 0.2) is 0 Å². The van der Waals surface area contributed by atoms with Crippen LogP contribution in [-0.4, -0.2) is 29.1 Å². The van der Waals surface area contributed by atoms with E-state index in [-0.39, 0.29) is 24.1 Å². The van der Waals surface area contributed by atoms with Crippen LogP contribution in [0.1, 0.15) is 33.9 Å². The summed E-state index contributed by atoms with van der Waals surface area (Å²) in [4.78, 5) is 24.7. The third-order valence-corrected chi connectivity index (χ3v) is 6.11. The van der Waals surface area contributed by atoms with Gasteiger partial charge in [-0.1, -0.05) is 66.7 Å². The van der Waals surface area contributed by atoms with Crippen molar-refractivity contribution in [3.63, 3.8) is 0 Å². The number of anilines is 1. The normalized spacial score (nSPS) is 15.2. The van der Waals surface area contributed by atoms with E-state index in [2.05, 4.69) is 29.6 Å². The first-order chi connectivity index (χ1) is 17.0. The number of hydrazone groups is 1. The number of primary amides is 1. The van der Waals surface area contributed by atoms with Crippen LogP contribution in [0.15, 0.2) is 96.1 Å². The minimum absolute atomic E-state index is 0.0817. The summed E-state index contributed by atoms with van der Waals surface area (Å²) >= 11 is 0. The number of benzene rings is 4. The first kappa shape index (κ1) is 22.3. The number of halogens is 1. The lowest BCUT2D eigenvalue weighted by atomic mass is 9.97. The molecule has 4 aromatic carbocycles. The van der Waals surface area contributed by atoms with Gasteiger partial charge in [0.25, 0.3) is 11.8 Å². The van der Waals surface area contributed by atoms with E-state index in [0.29, 0.717) is 12.1 Å². The molecule has 4 aromatic rings. The van der Waals surface area contributed by atoms with Gasteiger partial charge in [-0.25, -0.2) is 9.40 Å². The van der Waals surface area contributed by atoms with Crippen molar-refractivity contribution in [2.24, 2.45) is 10.8 Å². The van der Waals surface area contributed by atoms with Gasteiger partial charge in [-0.3, -0.25) is 9.59 Å². The van der Waals surface area contributed by atoms with Crippen molar-refractivity contribution in [1.29, 1.82) is 0 Å². The number of hydrogen-bond donors (Lipinski definition) is 2. The molecular weight excluding hydrogens is 443 g/mol. The van der Waals surface area contributed by atoms with Crippen molar-refractivity contribution in [2.75, 3.05) is 11.9 Å². The van der Waals surface area contributed by atoms with Crippen molar-refractivity contribution >= 4 is 34.0 Å². The molecule has 1 aliphatic heterocycles. The van der Waals surface area contributed by atoms with Crippen LogP contribution in [0.5, 0.6) is 0 Å². The molecule has 2 amide bonds. The van der Waals surface area contributed by atoms with Crippen molar-refractivity contribution in [2.45, 2.75) is 12.5 Å². The average Bonchev–Trinajstić information content (AvgIpc) is 3.34. The molecule has 0 aromatic heterocycles. The summed E-state index contributed by atoms with van der Waals surface area (Å²) in [5.41, 5.74) is 8.20. The number of nitrogens with zero attached hydrogens (tertiary/aromatic N) is 2. The Morgan fingerprint density at radius 3 is 2.46 bits per heavy atom. The number of rotatable bonds is 6. The van der Waals surface area contributed by atoms with Crippen LogP contribution in [0.25, 0.3) is 10.8 Å². The second-order valence-electron chi connectivity index (χ2n) is 8.39. The van der Waals surface area contributed by atoms with Gasteiger partial charge < -0.3 is 11.1 Å². The van der Waals surface area contributed by atoms with E-state index in [4.69, 9.17) is 10.8 Å². The average molecular weight is 467 g/mol. The molecule has 7 heteroatoms. The second kappa shape index (κ2) is 9.38. The van der Waals surface area contributed by atoms with E-state index in [0.717, 1.165) is 33.7 Å². The number of nitrogens with two attached hydrogens (primary N) is 1. The quantitative estimate of drug-likeness (QED) is 0.425. The molecule has 0 spiro atoms. The SMILES string of the molecule is NC(=O)c1cc(NCC(=O)N2N=C(c3ccc4ccccc4c3)CC2c2ccccc2)ccc1F. The molecule has 0 fully saturated rings.